The van der Waals surface area contributed by atoms with Gasteiger partial charge in [0, 0.05) is 69.8 Å². The maximum absolute atomic E-state index is 5.47. The molecular weight excluding hydrogens is 685 g/mol. The first kappa shape index (κ1) is 29.1. The van der Waals surface area contributed by atoms with E-state index in [1.165, 1.54) is 62.9 Å². The van der Waals surface area contributed by atoms with Crippen LogP contribution in [0.4, 0.5) is 0 Å². The summed E-state index contributed by atoms with van der Waals surface area (Å²) >= 11 is 3.65. The minimum atomic E-state index is 0.685. The molecule has 0 saturated heterocycles. The summed E-state index contributed by atoms with van der Waals surface area (Å²) in [6.45, 7) is 0. The second-order valence-electron chi connectivity index (χ2n) is 13.6. The van der Waals surface area contributed by atoms with Crippen molar-refractivity contribution in [2.24, 2.45) is 0 Å². The molecule has 0 saturated carbocycles. The number of pyridine rings is 1. The SMILES string of the molecule is c1ccc(-c2nc(-n3c4ccccc4c4c5sc6ccc(-c7cccc8cnccc78)cc6c5c5ccccc5c43)nc3c2sc2ccccc23)cc1. The predicted octanol–water partition coefficient (Wildman–Crippen LogP) is 13.3. The lowest BCUT2D eigenvalue weighted by atomic mass is 9.96. The third-order valence-electron chi connectivity index (χ3n) is 10.7. The van der Waals surface area contributed by atoms with Crippen LogP contribution < -0.4 is 0 Å². The van der Waals surface area contributed by atoms with Gasteiger partial charge in [-0.3, -0.25) is 9.55 Å². The van der Waals surface area contributed by atoms with E-state index in [9.17, 15) is 0 Å². The molecule has 0 fully saturated rings. The van der Waals surface area contributed by atoms with Gasteiger partial charge in [0.05, 0.1) is 26.9 Å². The van der Waals surface area contributed by atoms with E-state index in [1.54, 1.807) is 11.3 Å². The van der Waals surface area contributed by atoms with Crippen LogP contribution in [0.1, 0.15) is 0 Å². The highest BCUT2D eigenvalue weighted by Crippen LogP contribution is 2.49. The Labute approximate surface area is 310 Å². The van der Waals surface area contributed by atoms with E-state index in [1.807, 2.05) is 23.7 Å². The van der Waals surface area contributed by atoms with Crippen LogP contribution in [0.3, 0.4) is 0 Å². The molecule has 0 amide bonds. The molecule has 5 heterocycles. The predicted molar refractivity (Wildman–Crippen MR) is 226 cm³/mol. The van der Waals surface area contributed by atoms with Gasteiger partial charge in [0.2, 0.25) is 5.95 Å². The molecule has 4 nitrogen and oxygen atoms in total. The molecule has 6 heteroatoms. The molecule has 7 aromatic carbocycles. The van der Waals surface area contributed by atoms with Gasteiger partial charge >= 0.3 is 0 Å². The van der Waals surface area contributed by atoms with Crippen molar-refractivity contribution in [1.29, 1.82) is 0 Å². The highest BCUT2D eigenvalue weighted by atomic mass is 32.1. The van der Waals surface area contributed by atoms with Crippen LogP contribution in [0.2, 0.25) is 0 Å². The summed E-state index contributed by atoms with van der Waals surface area (Å²) in [4.78, 5) is 15.3. The standard InChI is InChI=1S/C47H26N4S2/c1-2-11-27(12-3-1)42-46-43(35-17-7-9-20-38(35)53-46)50-47(49-42)51-37-19-8-6-16-34(37)41-44(51)33-15-5-4-14-32(33)40-36-25-28(21-22-39(36)52-45(40)41)30-18-10-13-29-26-48-24-23-31(29)30/h1-26H. The molecule has 0 bridgehead atoms. The van der Waals surface area contributed by atoms with Gasteiger partial charge in [-0.15, -0.1) is 22.7 Å². The van der Waals surface area contributed by atoms with E-state index in [4.69, 9.17) is 9.97 Å². The summed E-state index contributed by atoms with van der Waals surface area (Å²) in [5.74, 6) is 0.685. The number of aromatic nitrogens is 4. The van der Waals surface area contributed by atoms with Crippen molar-refractivity contribution in [3.63, 3.8) is 0 Å². The average molecular weight is 711 g/mol. The molecule has 0 aliphatic carbocycles. The molecule has 0 spiro atoms. The number of thiophene rings is 2. The summed E-state index contributed by atoms with van der Waals surface area (Å²) < 4.78 is 7.20. The van der Waals surface area contributed by atoms with Crippen molar-refractivity contribution in [1.82, 2.24) is 19.5 Å². The lowest BCUT2D eigenvalue weighted by molar-refractivity contribution is 1.02. The molecule has 0 radical (unpaired) electrons. The van der Waals surface area contributed by atoms with E-state index < -0.39 is 0 Å². The van der Waals surface area contributed by atoms with Crippen molar-refractivity contribution in [3.05, 3.63) is 158 Å². The Kier molecular flexibility index (Phi) is 6.06. The van der Waals surface area contributed by atoms with E-state index in [-0.39, 0.29) is 0 Å². The highest BCUT2D eigenvalue weighted by molar-refractivity contribution is 7.27. The molecule has 5 aromatic heterocycles. The zero-order valence-corrected chi connectivity index (χ0v) is 29.7. The van der Waals surface area contributed by atoms with Crippen LogP contribution in [0.5, 0.6) is 0 Å². The molecule has 53 heavy (non-hydrogen) atoms. The van der Waals surface area contributed by atoms with Gasteiger partial charge in [0.15, 0.2) is 0 Å². The van der Waals surface area contributed by atoms with Gasteiger partial charge in [0.1, 0.15) is 0 Å². The fourth-order valence-electron chi connectivity index (χ4n) is 8.39. The first-order chi connectivity index (χ1) is 26.3. The van der Waals surface area contributed by atoms with Crippen LogP contribution in [-0.2, 0) is 0 Å². The van der Waals surface area contributed by atoms with Gasteiger partial charge in [-0.2, -0.15) is 0 Å². The summed E-state index contributed by atoms with van der Waals surface area (Å²) in [5.41, 5.74) is 7.70. The van der Waals surface area contributed by atoms with Crippen LogP contribution in [0.25, 0.3) is 112 Å². The third kappa shape index (κ3) is 4.13. The van der Waals surface area contributed by atoms with Crippen molar-refractivity contribution in [2.75, 3.05) is 0 Å². The van der Waals surface area contributed by atoms with E-state index in [2.05, 4.69) is 155 Å². The average Bonchev–Trinajstić information content (AvgIpc) is 3.90. The number of hydrogen-bond acceptors (Lipinski definition) is 5. The maximum Gasteiger partial charge on any atom is 0.235 e. The largest absolute Gasteiger partial charge is 0.277 e. The summed E-state index contributed by atoms with van der Waals surface area (Å²) in [6.07, 6.45) is 3.83. The molecule has 0 aliphatic heterocycles. The Morgan fingerprint density at radius 1 is 0.491 bits per heavy atom. The molecule has 12 aromatic rings. The monoisotopic (exact) mass is 710 g/mol. The highest BCUT2D eigenvalue weighted by Gasteiger charge is 2.24. The number of benzene rings is 7. The van der Waals surface area contributed by atoms with Gasteiger partial charge in [-0.25, -0.2) is 9.97 Å². The fourth-order valence-corrected chi connectivity index (χ4v) is 10.8. The first-order valence-corrected chi connectivity index (χ1v) is 19.3. The van der Waals surface area contributed by atoms with Crippen LogP contribution >= 0.6 is 22.7 Å². The van der Waals surface area contributed by atoms with Gasteiger partial charge in [0.25, 0.3) is 0 Å². The number of nitrogens with zero attached hydrogens (tertiary/aromatic N) is 4. The molecule has 0 N–H and O–H groups in total. The Balaban J connectivity index is 1.22. The first-order valence-electron chi connectivity index (χ1n) is 17.7. The van der Waals surface area contributed by atoms with Crippen molar-refractivity contribution in [3.8, 4) is 28.3 Å². The number of fused-ring (bicyclic) bond motifs is 14. The van der Waals surface area contributed by atoms with Gasteiger partial charge < -0.3 is 0 Å². The fraction of sp³-hybridized carbons (Fsp3) is 0. The Bertz CT molecular complexity index is 3460. The lowest BCUT2D eigenvalue weighted by Gasteiger charge is -2.12. The van der Waals surface area contributed by atoms with Crippen molar-refractivity contribution < 1.29 is 0 Å². The van der Waals surface area contributed by atoms with Gasteiger partial charge in [-0.1, -0.05) is 115 Å². The van der Waals surface area contributed by atoms with Crippen molar-refractivity contribution >= 4 is 106 Å². The molecule has 0 atom stereocenters. The molecule has 0 unspecified atom stereocenters. The quantitative estimate of drug-likeness (QED) is 0.183. The molecule has 12 rings (SSSR count). The van der Waals surface area contributed by atoms with Crippen LogP contribution in [0, 0.1) is 0 Å². The molecular formula is C47H26N4S2. The minimum Gasteiger partial charge on any atom is -0.277 e. The Morgan fingerprint density at radius 3 is 2.15 bits per heavy atom. The van der Waals surface area contributed by atoms with E-state index >= 15 is 0 Å². The minimum absolute atomic E-state index is 0.685. The normalized spacial score (nSPS) is 12.2. The number of rotatable bonds is 3. The second kappa shape index (κ2) is 11.0. The number of para-hydroxylation sites is 1. The summed E-state index contributed by atoms with van der Waals surface area (Å²) in [7, 11) is 0. The summed E-state index contributed by atoms with van der Waals surface area (Å²) in [5, 5.41) is 10.9. The van der Waals surface area contributed by atoms with Crippen LogP contribution in [-0.4, -0.2) is 19.5 Å². The smallest absolute Gasteiger partial charge is 0.235 e. The Morgan fingerprint density at radius 2 is 1.25 bits per heavy atom. The molecule has 246 valence electrons. The maximum atomic E-state index is 5.47. The topological polar surface area (TPSA) is 43.6 Å². The van der Waals surface area contributed by atoms with Crippen LogP contribution in [0.15, 0.2) is 158 Å². The van der Waals surface area contributed by atoms with E-state index in [0.29, 0.717) is 5.95 Å². The van der Waals surface area contributed by atoms with Crippen molar-refractivity contribution in [2.45, 2.75) is 0 Å². The zero-order chi connectivity index (χ0) is 34.6. The zero-order valence-electron chi connectivity index (χ0n) is 28.1. The lowest BCUT2D eigenvalue weighted by Crippen LogP contribution is -2.03. The molecule has 0 aliphatic rings. The van der Waals surface area contributed by atoms with E-state index in [0.717, 1.165) is 43.3 Å². The Hall–Kier alpha value is -6.47. The third-order valence-corrected chi connectivity index (χ3v) is 13.0. The summed E-state index contributed by atoms with van der Waals surface area (Å²) in [6, 6.07) is 52.4. The number of hydrogen-bond donors (Lipinski definition) is 0. The second-order valence-corrected chi connectivity index (χ2v) is 15.7. The van der Waals surface area contributed by atoms with Gasteiger partial charge in [-0.05, 0) is 52.2 Å².